The van der Waals surface area contributed by atoms with E-state index in [0.29, 0.717) is 0 Å². The van der Waals surface area contributed by atoms with Crippen LogP contribution in [0.4, 0.5) is 0 Å². The first-order valence-electron chi connectivity index (χ1n) is 4.33. The van der Waals surface area contributed by atoms with Crippen LogP contribution in [0.15, 0.2) is 0 Å². The van der Waals surface area contributed by atoms with Crippen LogP contribution in [0.5, 0.6) is 0 Å². The van der Waals surface area contributed by atoms with Gasteiger partial charge in [0.05, 0.1) is 12.7 Å². The Bertz CT molecular complexity index is 208. The number of aliphatic hydroxyl groups is 1. The molecule has 4 heteroatoms. The molecule has 2 N–H and O–H groups in total. The summed E-state index contributed by atoms with van der Waals surface area (Å²) in [5, 5.41) is 19.9. The van der Waals surface area contributed by atoms with Crippen molar-refractivity contribution >= 4 is 5.91 Å². The molecule has 0 spiro atoms. The zero-order chi connectivity index (χ0) is 10.4. The Morgan fingerprint density at radius 2 is 2.08 bits per heavy atom. The molecule has 0 aliphatic carbocycles. The molecule has 0 saturated carbocycles. The fourth-order valence-corrected chi connectivity index (χ4v) is 0.889. The molecule has 2 atom stereocenters. The maximum absolute atomic E-state index is 11.3. The van der Waals surface area contributed by atoms with E-state index in [2.05, 4.69) is 5.32 Å². The minimum Gasteiger partial charge on any atom is -0.394 e. The van der Waals surface area contributed by atoms with Crippen molar-refractivity contribution < 1.29 is 9.90 Å². The smallest absolute Gasteiger partial charge is 0.237 e. The van der Waals surface area contributed by atoms with Gasteiger partial charge in [-0.3, -0.25) is 4.79 Å². The van der Waals surface area contributed by atoms with Gasteiger partial charge in [0.15, 0.2) is 0 Å². The first kappa shape index (κ1) is 11.9. The summed E-state index contributed by atoms with van der Waals surface area (Å²) in [6.45, 7) is 5.21. The van der Waals surface area contributed by atoms with Crippen molar-refractivity contribution in [2.24, 2.45) is 11.8 Å². The molecular weight excluding hydrogens is 168 g/mol. The third-order valence-electron chi connectivity index (χ3n) is 1.75. The number of carbonyl (C=O) groups excluding carboxylic acids is 1. The second-order valence-electron chi connectivity index (χ2n) is 3.44. The van der Waals surface area contributed by atoms with Crippen LogP contribution in [0.2, 0.25) is 0 Å². The maximum Gasteiger partial charge on any atom is 0.237 e. The number of nitrogens with zero attached hydrogens (tertiary/aromatic N) is 1. The van der Waals surface area contributed by atoms with Gasteiger partial charge in [0.25, 0.3) is 0 Å². The average molecular weight is 184 g/mol. The monoisotopic (exact) mass is 184 g/mol. The predicted octanol–water partition coefficient (Wildman–Crippen LogP) is 0.279. The number of nitrogens with one attached hydrogen (secondary N) is 1. The number of hydrogen-bond donors (Lipinski definition) is 2. The van der Waals surface area contributed by atoms with E-state index in [9.17, 15) is 4.79 Å². The Hall–Kier alpha value is -1.08. The van der Waals surface area contributed by atoms with Crippen molar-refractivity contribution in [3.8, 4) is 6.07 Å². The van der Waals surface area contributed by atoms with Gasteiger partial charge in [-0.05, 0) is 12.8 Å². The van der Waals surface area contributed by atoms with Gasteiger partial charge < -0.3 is 10.4 Å². The second-order valence-corrected chi connectivity index (χ2v) is 3.44. The van der Waals surface area contributed by atoms with E-state index >= 15 is 0 Å². The number of carbonyl (C=O) groups is 1. The lowest BCUT2D eigenvalue weighted by Gasteiger charge is -2.16. The molecule has 0 heterocycles. The Labute approximate surface area is 78.6 Å². The van der Waals surface area contributed by atoms with Crippen LogP contribution in [0.3, 0.4) is 0 Å². The quantitative estimate of drug-likeness (QED) is 0.659. The van der Waals surface area contributed by atoms with Crippen LogP contribution in [0.1, 0.15) is 20.8 Å². The molecule has 0 aromatic carbocycles. The molecule has 0 aromatic heterocycles. The molecular formula is C9H16N2O2. The van der Waals surface area contributed by atoms with Crippen molar-refractivity contribution in [1.82, 2.24) is 5.32 Å². The highest BCUT2D eigenvalue weighted by atomic mass is 16.3. The standard InChI is InChI=1S/C9H16N2O2/c1-6(2)8(4-10)9(13)11-7(3)5-12/h6-8,12H,5H2,1-3H3,(H,11,13)/t7-,8?/m0/s1. The first-order valence-corrected chi connectivity index (χ1v) is 4.33. The van der Waals surface area contributed by atoms with E-state index < -0.39 is 5.92 Å². The Morgan fingerprint density at radius 3 is 2.38 bits per heavy atom. The highest BCUT2D eigenvalue weighted by molar-refractivity contribution is 5.81. The first-order chi connectivity index (χ1) is 6.02. The largest absolute Gasteiger partial charge is 0.394 e. The minimum absolute atomic E-state index is 0.00380. The van der Waals surface area contributed by atoms with E-state index in [-0.39, 0.29) is 24.5 Å². The molecule has 0 radical (unpaired) electrons. The Balaban J connectivity index is 4.17. The van der Waals surface area contributed by atoms with Crippen molar-refractivity contribution in [3.05, 3.63) is 0 Å². The number of rotatable bonds is 4. The number of nitriles is 1. The molecule has 0 bridgehead atoms. The van der Waals surface area contributed by atoms with E-state index in [4.69, 9.17) is 10.4 Å². The topological polar surface area (TPSA) is 73.1 Å². The summed E-state index contributed by atoms with van der Waals surface area (Å²) in [4.78, 5) is 11.3. The van der Waals surface area contributed by atoms with Crippen molar-refractivity contribution in [2.45, 2.75) is 26.8 Å². The SMILES string of the molecule is CC(C)C(C#N)C(=O)N[C@@H](C)CO. The average Bonchev–Trinajstić information content (AvgIpc) is 2.04. The molecule has 0 rings (SSSR count). The van der Waals surface area contributed by atoms with Gasteiger partial charge in [0.1, 0.15) is 5.92 Å². The molecule has 0 fully saturated rings. The zero-order valence-corrected chi connectivity index (χ0v) is 8.24. The van der Waals surface area contributed by atoms with Crippen molar-refractivity contribution in [3.63, 3.8) is 0 Å². The molecule has 13 heavy (non-hydrogen) atoms. The maximum atomic E-state index is 11.3. The van der Waals surface area contributed by atoms with Crippen LogP contribution in [0.25, 0.3) is 0 Å². The van der Waals surface area contributed by atoms with Crippen molar-refractivity contribution in [2.75, 3.05) is 6.61 Å². The van der Waals surface area contributed by atoms with Gasteiger partial charge in [0, 0.05) is 6.04 Å². The summed E-state index contributed by atoms with van der Waals surface area (Å²) >= 11 is 0. The zero-order valence-electron chi connectivity index (χ0n) is 8.24. The Morgan fingerprint density at radius 1 is 1.54 bits per heavy atom. The van der Waals surface area contributed by atoms with E-state index in [1.54, 1.807) is 6.92 Å². The molecule has 0 aliphatic rings. The number of aliphatic hydroxyl groups excluding tert-OH is 1. The predicted molar refractivity (Wildman–Crippen MR) is 48.6 cm³/mol. The van der Waals surface area contributed by atoms with E-state index in [1.807, 2.05) is 19.9 Å². The molecule has 74 valence electrons. The van der Waals surface area contributed by atoms with Gasteiger partial charge in [-0.25, -0.2) is 0 Å². The highest BCUT2D eigenvalue weighted by Gasteiger charge is 2.22. The third-order valence-corrected chi connectivity index (χ3v) is 1.75. The fourth-order valence-electron chi connectivity index (χ4n) is 0.889. The summed E-state index contributed by atoms with van der Waals surface area (Å²) in [5.41, 5.74) is 0. The van der Waals surface area contributed by atoms with Crippen LogP contribution in [-0.2, 0) is 4.79 Å². The van der Waals surface area contributed by atoms with Gasteiger partial charge in [-0.15, -0.1) is 0 Å². The van der Waals surface area contributed by atoms with Gasteiger partial charge in [0.2, 0.25) is 5.91 Å². The highest BCUT2D eigenvalue weighted by Crippen LogP contribution is 2.09. The van der Waals surface area contributed by atoms with Gasteiger partial charge in [-0.2, -0.15) is 5.26 Å². The molecule has 0 saturated heterocycles. The minimum atomic E-state index is -0.631. The molecule has 0 aliphatic heterocycles. The molecule has 1 unspecified atom stereocenters. The van der Waals surface area contributed by atoms with Crippen LogP contribution in [0, 0.1) is 23.2 Å². The summed E-state index contributed by atoms with van der Waals surface area (Å²) in [5.74, 6) is -0.941. The van der Waals surface area contributed by atoms with E-state index in [1.165, 1.54) is 0 Å². The number of amides is 1. The number of hydrogen-bond acceptors (Lipinski definition) is 3. The lowest BCUT2D eigenvalue weighted by molar-refractivity contribution is -0.125. The van der Waals surface area contributed by atoms with E-state index in [0.717, 1.165) is 0 Å². The summed E-state index contributed by atoms with van der Waals surface area (Å²) in [6, 6.07) is 1.65. The normalized spacial score (nSPS) is 14.8. The molecule has 0 aromatic rings. The van der Waals surface area contributed by atoms with Crippen LogP contribution < -0.4 is 5.32 Å². The lowest BCUT2D eigenvalue weighted by atomic mass is 9.96. The molecule has 1 amide bonds. The summed E-state index contributed by atoms with van der Waals surface area (Å²) in [7, 11) is 0. The fraction of sp³-hybridized carbons (Fsp3) is 0.778. The Kier molecular flexibility index (Phi) is 5.09. The van der Waals surface area contributed by atoms with Crippen molar-refractivity contribution in [1.29, 1.82) is 5.26 Å². The third kappa shape index (κ3) is 3.90. The second kappa shape index (κ2) is 5.55. The van der Waals surface area contributed by atoms with Gasteiger partial charge in [-0.1, -0.05) is 13.8 Å². The summed E-state index contributed by atoms with van der Waals surface area (Å²) in [6.07, 6.45) is 0. The van der Waals surface area contributed by atoms with Gasteiger partial charge >= 0.3 is 0 Å². The summed E-state index contributed by atoms with van der Waals surface area (Å²) < 4.78 is 0. The lowest BCUT2D eigenvalue weighted by Crippen LogP contribution is -2.40. The van der Waals surface area contributed by atoms with Crippen LogP contribution in [-0.4, -0.2) is 23.7 Å². The van der Waals surface area contributed by atoms with Crippen LogP contribution >= 0.6 is 0 Å². The molecule has 4 nitrogen and oxygen atoms in total.